The molecule has 0 amide bonds. The van der Waals surface area contributed by atoms with Crippen LogP contribution in [0.4, 0.5) is 5.82 Å². The fraction of sp³-hybridized carbons (Fsp3) is 0. The number of aromatic nitrogens is 2. The summed E-state index contributed by atoms with van der Waals surface area (Å²) in [5.41, 5.74) is 3.16. The highest BCUT2D eigenvalue weighted by atomic mass is 15.2. The monoisotopic (exact) mass is 136 g/mol. The van der Waals surface area contributed by atoms with E-state index in [4.69, 9.17) is 5.84 Å². The third-order valence-electron chi connectivity index (χ3n) is 1.05. The van der Waals surface area contributed by atoms with Crippen LogP contribution in [0.25, 0.3) is 6.08 Å². The SMILES string of the molecule is C=Cc1cc(NN)ncn1. The summed E-state index contributed by atoms with van der Waals surface area (Å²) in [5, 5.41) is 0. The number of nitrogens with zero attached hydrogens (tertiary/aromatic N) is 2. The Balaban J connectivity index is 2.98. The number of nitrogens with two attached hydrogens (primary N) is 1. The van der Waals surface area contributed by atoms with Gasteiger partial charge in [-0.2, -0.15) is 0 Å². The highest BCUT2D eigenvalue weighted by Crippen LogP contribution is 2.01. The zero-order chi connectivity index (χ0) is 7.40. The van der Waals surface area contributed by atoms with Crippen molar-refractivity contribution in [3.8, 4) is 0 Å². The average molecular weight is 136 g/mol. The number of anilines is 1. The smallest absolute Gasteiger partial charge is 0.143 e. The van der Waals surface area contributed by atoms with Gasteiger partial charge in [-0.3, -0.25) is 0 Å². The highest BCUT2D eigenvalue weighted by molar-refractivity contribution is 5.47. The third kappa shape index (κ3) is 1.29. The average Bonchev–Trinajstić information content (AvgIpc) is 2.05. The molecule has 1 heterocycles. The number of hydrazine groups is 1. The minimum Gasteiger partial charge on any atom is -0.308 e. The van der Waals surface area contributed by atoms with Gasteiger partial charge in [0.1, 0.15) is 12.1 Å². The van der Waals surface area contributed by atoms with Crippen molar-refractivity contribution in [3.63, 3.8) is 0 Å². The van der Waals surface area contributed by atoms with E-state index in [9.17, 15) is 0 Å². The number of nitrogens with one attached hydrogen (secondary N) is 1. The summed E-state index contributed by atoms with van der Waals surface area (Å²) in [7, 11) is 0. The fourth-order valence-corrected chi connectivity index (χ4v) is 0.563. The van der Waals surface area contributed by atoms with Gasteiger partial charge in [0.05, 0.1) is 5.69 Å². The van der Waals surface area contributed by atoms with E-state index in [2.05, 4.69) is 22.0 Å². The molecule has 1 aromatic rings. The minimum atomic E-state index is 0.588. The van der Waals surface area contributed by atoms with E-state index in [0.717, 1.165) is 5.69 Å². The standard InChI is InChI=1S/C6H8N4/c1-2-5-3-6(10-7)9-4-8-5/h2-4H,1,7H2,(H,8,9,10). The summed E-state index contributed by atoms with van der Waals surface area (Å²) < 4.78 is 0. The quantitative estimate of drug-likeness (QED) is 0.456. The van der Waals surface area contributed by atoms with Gasteiger partial charge >= 0.3 is 0 Å². The maximum atomic E-state index is 5.10. The second-order valence-electron chi connectivity index (χ2n) is 1.68. The first-order valence-corrected chi connectivity index (χ1v) is 2.78. The Kier molecular flexibility index (Phi) is 1.96. The Morgan fingerprint density at radius 2 is 2.40 bits per heavy atom. The highest BCUT2D eigenvalue weighted by Gasteiger charge is 1.90. The molecular weight excluding hydrogens is 128 g/mol. The summed E-state index contributed by atoms with van der Waals surface area (Å²) in [6.45, 7) is 3.55. The topological polar surface area (TPSA) is 63.8 Å². The lowest BCUT2D eigenvalue weighted by atomic mass is 10.4. The fourth-order valence-electron chi connectivity index (χ4n) is 0.563. The van der Waals surface area contributed by atoms with Crippen molar-refractivity contribution in [2.75, 3.05) is 5.43 Å². The van der Waals surface area contributed by atoms with E-state index in [-0.39, 0.29) is 0 Å². The first kappa shape index (κ1) is 6.70. The van der Waals surface area contributed by atoms with Crippen molar-refractivity contribution >= 4 is 11.9 Å². The van der Waals surface area contributed by atoms with E-state index in [0.29, 0.717) is 5.82 Å². The Morgan fingerprint density at radius 1 is 1.60 bits per heavy atom. The molecule has 1 rings (SSSR count). The van der Waals surface area contributed by atoms with Crippen molar-refractivity contribution in [1.29, 1.82) is 0 Å². The Labute approximate surface area is 58.8 Å². The molecule has 0 radical (unpaired) electrons. The number of rotatable bonds is 2. The first-order valence-electron chi connectivity index (χ1n) is 2.78. The van der Waals surface area contributed by atoms with Gasteiger partial charge in [0.25, 0.3) is 0 Å². The van der Waals surface area contributed by atoms with Gasteiger partial charge in [-0.15, -0.1) is 0 Å². The van der Waals surface area contributed by atoms with Gasteiger partial charge in [0.15, 0.2) is 0 Å². The van der Waals surface area contributed by atoms with Gasteiger partial charge in [-0.05, 0) is 6.08 Å². The summed E-state index contributed by atoms with van der Waals surface area (Å²) >= 11 is 0. The normalized spacial score (nSPS) is 8.90. The lowest BCUT2D eigenvalue weighted by Crippen LogP contribution is -2.08. The van der Waals surface area contributed by atoms with Crippen LogP contribution in [0.3, 0.4) is 0 Å². The molecule has 0 aliphatic rings. The van der Waals surface area contributed by atoms with E-state index in [1.54, 1.807) is 12.1 Å². The summed E-state index contributed by atoms with van der Waals surface area (Å²) in [6.07, 6.45) is 3.05. The maximum Gasteiger partial charge on any atom is 0.143 e. The van der Waals surface area contributed by atoms with E-state index < -0.39 is 0 Å². The van der Waals surface area contributed by atoms with Crippen molar-refractivity contribution in [3.05, 3.63) is 24.7 Å². The Bertz CT molecular complexity index is 233. The molecule has 0 atom stereocenters. The van der Waals surface area contributed by atoms with Crippen molar-refractivity contribution < 1.29 is 0 Å². The maximum absolute atomic E-state index is 5.10. The summed E-state index contributed by atoms with van der Waals surface area (Å²) in [4.78, 5) is 7.69. The zero-order valence-corrected chi connectivity index (χ0v) is 5.41. The van der Waals surface area contributed by atoms with Crippen LogP contribution in [0.2, 0.25) is 0 Å². The molecule has 0 aliphatic carbocycles. The zero-order valence-electron chi connectivity index (χ0n) is 5.41. The van der Waals surface area contributed by atoms with E-state index >= 15 is 0 Å². The first-order chi connectivity index (χ1) is 4.86. The van der Waals surface area contributed by atoms with Crippen LogP contribution in [0.15, 0.2) is 19.0 Å². The molecule has 0 unspecified atom stereocenters. The molecular formula is C6H8N4. The molecule has 3 N–H and O–H groups in total. The molecule has 4 heteroatoms. The third-order valence-corrected chi connectivity index (χ3v) is 1.05. The molecule has 0 spiro atoms. The van der Waals surface area contributed by atoms with Crippen LogP contribution in [0, 0.1) is 0 Å². The van der Waals surface area contributed by atoms with E-state index in [1.165, 1.54) is 6.33 Å². The molecule has 4 nitrogen and oxygen atoms in total. The molecule has 1 aromatic heterocycles. The van der Waals surface area contributed by atoms with Gasteiger partial charge < -0.3 is 5.43 Å². The molecule has 0 aromatic carbocycles. The van der Waals surface area contributed by atoms with Crippen molar-refractivity contribution in [2.45, 2.75) is 0 Å². The largest absolute Gasteiger partial charge is 0.308 e. The number of hydrogen-bond acceptors (Lipinski definition) is 4. The van der Waals surface area contributed by atoms with E-state index in [1.807, 2.05) is 0 Å². The van der Waals surface area contributed by atoms with Gasteiger partial charge in [-0.25, -0.2) is 15.8 Å². The van der Waals surface area contributed by atoms with Crippen LogP contribution in [0.1, 0.15) is 5.69 Å². The Morgan fingerprint density at radius 3 is 3.00 bits per heavy atom. The van der Waals surface area contributed by atoms with Gasteiger partial charge in [0.2, 0.25) is 0 Å². The number of nitrogen functional groups attached to an aromatic ring is 1. The van der Waals surface area contributed by atoms with Crippen molar-refractivity contribution in [2.24, 2.45) is 5.84 Å². The van der Waals surface area contributed by atoms with Gasteiger partial charge in [0, 0.05) is 6.07 Å². The molecule has 0 aliphatic heterocycles. The second kappa shape index (κ2) is 2.93. The van der Waals surface area contributed by atoms with Crippen LogP contribution >= 0.6 is 0 Å². The predicted octanol–water partition coefficient (Wildman–Crippen LogP) is 0.405. The lowest BCUT2D eigenvalue weighted by molar-refractivity contribution is 1.13. The van der Waals surface area contributed by atoms with Crippen LogP contribution in [0.5, 0.6) is 0 Å². The Hall–Kier alpha value is -1.42. The number of hydrogen-bond donors (Lipinski definition) is 2. The predicted molar refractivity (Wildman–Crippen MR) is 39.9 cm³/mol. The van der Waals surface area contributed by atoms with Crippen LogP contribution in [-0.2, 0) is 0 Å². The second-order valence-corrected chi connectivity index (χ2v) is 1.68. The van der Waals surface area contributed by atoms with Crippen LogP contribution < -0.4 is 11.3 Å². The lowest BCUT2D eigenvalue weighted by Gasteiger charge is -1.96. The molecule has 0 fully saturated rings. The van der Waals surface area contributed by atoms with Crippen LogP contribution in [-0.4, -0.2) is 9.97 Å². The van der Waals surface area contributed by atoms with Gasteiger partial charge in [-0.1, -0.05) is 6.58 Å². The molecule has 52 valence electrons. The molecule has 10 heavy (non-hydrogen) atoms. The molecule has 0 saturated carbocycles. The summed E-state index contributed by atoms with van der Waals surface area (Å²) in [5.74, 6) is 5.69. The van der Waals surface area contributed by atoms with Crippen molar-refractivity contribution in [1.82, 2.24) is 9.97 Å². The molecule has 0 bridgehead atoms. The molecule has 0 saturated heterocycles. The minimum absolute atomic E-state index is 0.588. The summed E-state index contributed by atoms with van der Waals surface area (Å²) in [6, 6.07) is 1.70.